The van der Waals surface area contributed by atoms with Gasteiger partial charge in [0.15, 0.2) is 0 Å². The van der Waals surface area contributed by atoms with E-state index in [-0.39, 0.29) is 5.56 Å². The summed E-state index contributed by atoms with van der Waals surface area (Å²) in [5.74, 6) is 0. The molecule has 2 rings (SSSR count). The number of fused-ring (bicyclic) bond motifs is 1. The molecule has 0 aliphatic carbocycles. The summed E-state index contributed by atoms with van der Waals surface area (Å²) in [4.78, 5) is 11.0. The van der Waals surface area contributed by atoms with Crippen molar-refractivity contribution in [3.05, 3.63) is 22.1 Å². The SMILES string of the molecule is O=c1[nH]ncc2c1CCN2. The van der Waals surface area contributed by atoms with Crippen molar-refractivity contribution in [3.63, 3.8) is 0 Å². The number of nitrogens with zero attached hydrogens (tertiary/aromatic N) is 1. The van der Waals surface area contributed by atoms with Crippen LogP contribution in [0, 0.1) is 0 Å². The van der Waals surface area contributed by atoms with E-state index >= 15 is 0 Å². The second-order valence-corrected chi connectivity index (χ2v) is 2.27. The lowest BCUT2D eigenvalue weighted by Gasteiger charge is -1.93. The van der Waals surface area contributed by atoms with E-state index in [2.05, 4.69) is 15.5 Å². The molecule has 1 aliphatic rings. The number of hydrogen-bond acceptors (Lipinski definition) is 3. The Bertz CT molecular complexity index is 304. The molecule has 0 radical (unpaired) electrons. The molecule has 1 aromatic heterocycles. The third kappa shape index (κ3) is 0.618. The van der Waals surface area contributed by atoms with Gasteiger partial charge in [0, 0.05) is 12.1 Å². The highest BCUT2D eigenvalue weighted by Crippen LogP contribution is 2.14. The molecule has 0 aromatic carbocycles. The number of H-pyrrole nitrogens is 1. The minimum atomic E-state index is -0.0671. The first kappa shape index (κ1) is 5.46. The fourth-order valence-electron chi connectivity index (χ4n) is 1.15. The highest BCUT2D eigenvalue weighted by Gasteiger charge is 2.12. The van der Waals surface area contributed by atoms with Crippen LogP contribution in [-0.2, 0) is 6.42 Å². The van der Waals surface area contributed by atoms with E-state index in [1.54, 1.807) is 6.20 Å². The zero-order chi connectivity index (χ0) is 6.97. The predicted octanol–water partition coefficient (Wildman–Crippen LogP) is -0.262. The molecular weight excluding hydrogens is 130 g/mol. The Morgan fingerprint density at radius 1 is 1.60 bits per heavy atom. The minimum absolute atomic E-state index is 0.0671. The van der Waals surface area contributed by atoms with Gasteiger partial charge in [0.05, 0.1) is 11.9 Å². The highest BCUT2D eigenvalue weighted by atomic mass is 16.1. The summed E-state index contributed by atoms with van der Waals surface area (Å²) in [5.41, 5.74) is 1.64. The molecule has 1 aliphatic heterocycles. The molecule has 52 valence electrons. The van der Waals surface area contributed by atoms with Gasteiger partial charge in [0.2, 0.25) is 0 Å². The summed E-state index contributed by atoms with van der Waals surface area (Å²) >= 11 is 0. The zero-order valence-corrected chi connectivity index (χ0v) is 5.35. The van der Waals surface area contributed by atoms with Crippen molar-refractivity contribution >= 4 is 5.69 Å². The molecule has 0 atom stereocenters. The van der Waals surface area contributed by atoms with Gasteiger partial charge in [0.25, 0.3) is 5.56 Å². The average Bonchev–Trinajstić information content (AvgIpc) is 2.36. The number of hydrogen-bond donors (Lipinski definition) is 2. The molecule has 2 N–H and O–H groups in total. The highest BCUT2D eigenvalue weighted by molar-refractivity contribution is 5.51. The summed E-state index contributed by atoms with van der Waals surface area (Å²) < 4.78 is 0. The maximum Gasteiger partial charge on any atom is 0.269 e. The van der Waals surface area contributed by atoms with E-state index in [1.165, 1.54) is 0 Å². The maximum atomic E-state index is 11.0. The second-order valence-electron chi connectivity index (χ2n) is 2.27. The van der Waals surface area contributed by atoms with E-state index < -0.39 is 0 Å². The van der Waals surface area contributed by atoms with Gasteiger partial charge in [-0.25, -0.2) is 5.10 Å². The van der Waals surface area contributed by atoms with Crippen molar-refractivity contribution in [2.75, 3.05) is 11.9 Å². The monoisotopic (exact) mass is 137 g/mol. The molecule has 0 amide bonds. The Labute approximate surface area is 57.3 Å². The van der Waals surface area contributed by atoms with Gasteiger partial charge in [-0.15, -0.1) is 0 Å². The molecule has 0 saturated carbocycles. The lowest BCUT2D eigenvalue weighted by atomic mass is 10.2. The van der Waals surface area contributed by atoms with Gasteiger partial charge >= 0.3 is 0 Å². The summed E-state index contributed by atoms with van der Waals surface area (Å²) in [6.45, 7) is 0.851. The maximum absolute atomic E-state index is 11.0. The smallest absolute Gasteiger partial charge is 0.269 e. The van der Waals surface area contributed by atoms with Crippen LogP contribution < -0.4 is 10.9 Å². The molecule has 10 heavy (non-hydrogen) atoms. The Morgan fingerprint density at radius 2 is 2.50 bits per heavy atom. The molecule has 0 fully saturated rings. The van der Waals surface area contributed by atoms with Crippen LogP contribution in [0.5, 0.6) is 0 Å². The van der Waals surface area contributed by atoms with E-state index in [0.717, 1.165) is 24.2 Å². The van der Waals surface area contributed by atoms with Crippen molar-refractivity contribution < 1.29 is 0 Å². The number of aromatic nitrogens is 2. The molecule has 0 bridgehead atoms. The molecule has 0 unspecified atom stereocenters. The van der Waals surface area contributed by atoms with Gasteiger partial charge in [-0.1, -0.05) is 0 Å². The first-order chi connectivity index (χ1) is 4.88. The van der Waals surface area contributed by atoms with Crippen molar-refractivity contribution in [2.24, 2.45) is 0 Å². The van der Waals surface area contributed by atoms with Crippen LogP contribution in [0.2, 0.25) is 0 Å². The first-order valence-corrected chi connectivity index (χ1v) is 3.18. The average molecular weight is 137 g/mol. The Balaban J connectivity index is 2.70. The van der Waals surface area contributed by atoms with Gasteiger partial charge in [-0.2, -0.15) is 5.10 Å². The van der Waals surface area contributed by atoms with Crippen LogP contribution in [0.3, 0.4) is 0 Å². The standard InChI is InChI=1S/C6H7N3O/c10-6-4-1-2-7-5(4)3-8-9-6/h3,7H,1-2H2,(H,9,10). The number of nitrogens with one attached hydrogen (secondary N) is 2. The number of aromatic amines is 1. The van der Waals surface area contributed by atoms with Crippen LogP contribution in [0.4, 0.5) is 5.69 Å². The van der Waals surface area contributed by atoms with E-state index in [1.807, 2.05) is 0 Å². The fraction of sp³-hybridized carbons (Fsp3) is 0.333. The fourth-order valence-corrected chi connectivity index (χ4v) is 1.15. The summed E-state index contributed by atoms with van der Waals surface area (Å²) in [5, 5.41) is 9.10. The topological polar surface area (TPSA) is 57.8 Å². The lowest BCUT2D eigenvalue weighted by Crippen LogP contribution is -2.11. The summed E-state index contributed by atoms with van der Waals surface area (Å²) in [6, 6.07) is 0. The molecule has 0 saturated heterocycles. The quantitative estimate of drug-likeness (QED) is 0.518. The first-order valence-electron chi connectivity index (χ1n) is 3.18. The molecule has 2 heterocycles. The van der Waals surface area contributed by atoms with E-state index in [4.69, 9.17) is 0 Å². The molecule has 4 nitrogen and oxygen atoms in total. The lowest BCUT2D eigenvalue weighted by molar-refractivity contribution is 0.962. The second kappa shape index (κ2) is 1.83. The van der Waals surface area contributed by atoms with Crippen LogP contribution in [0.15, 0.2) is 11.0 Å². The van der Waals surface area contributed by atoms with E-state index in [9.17, 15) is 4.79 Å². The predicted molar refractivity (Wildman–Crippen MR) is 37.1 cm³/mol. The van der Waals surface area contributed by atoms with Gasteiger partial charge < -0.3 is 5.32 Å². The Morgan fingerprint density at radius 3 is 3.30 bits per heavy atom. The Hall–Kier alpha value is -1.32. The van der Waals surface area contributed by atoms with Crippen LogP contribution in [0.1, 0.15) is 5.56 Å². The third-order valence-electron chi connectivity index (χ3n) is 1.65. The number of anilines is 1. The van der Waals surface area contributed by atoms with Crippen molar-refractivity contribution in [3.8, 4) is 0 Å². The normalized spacial score (nSPS) is 14.4. The van der Waals surface area contributed by atoms with Crippen molar-refractivity contribution in [1.82, 2.24) is 10.2 Å². The van der Waals surface area contributed by atoms with E-state index in [0.29, 0.717) is 0 Å². The van der Waals surface area contributed by atoms with Gasteiger partial charge in [-0.05, 0) is 6.42 Å². The van der Waals surface area contributed by atoms with Crippen LogP contribution >= 0.6 is 0 Å². The van der Waals surface area contributed by atoms with Crippen LogP contribution in [-0.4, -0.2) is 16.7 Å². The minimum Gasteiger partial charge on any atom is -0.383 e. The largest absolute Gasteiger partial charge is 0.383 e. The zero-order valence-electron chi connectivity index (χ0n) is 5.35. The number of rotatable bonds is 0. The summed E-state index contributed by atoms with van der Waals surface area (Å²) in [6.07, 6.45) is 2.46. The van der Waals surface area contributed by atoms with Crippen LogP contribution in [0.25, 0.3) is 0 Å². The molecule has 0 spiro atoms. The third-order valence-corrected chi connectivity index (χ3v) is 1.65. The molecule has 4 heteroatoms. The van der Waals surface area contributed by atoms with Gasteiger partial charge in [0.1, 0.15) is 0 Å². The Kier molecular flexibility index (Phi) is 1.00. The summed E-state index contributed by atoms with van der Waals surface area (Å²) in [7, 11) is 0. The molecule has 1 aromatic rings. The van der Waals surface area contributed by atoms with Crippen molar-refractivity contribution in [2.45, 2.75) is 6.42 Å². The molecular formula is C6H7N3O. The van der Waals surface area contributed by atoms with Gasteiger partial charge in [-0.3, -0.25) is 4.79 Å². The van der Waals surface area contributed by atoms with Crippen molar-refractivity contribution in [1.29, 1.82) is 0 Å².